The monoisotopic (exact) mass is 545 g/mol. The fraction of sp³-hybridized carbons (Fsp3) is 0.312. The molecule has 1 heterocycles. The lowest BCUT2D eigenvalue weighted by Crippen LogP contribution is -2.29. The molecule has 1 N–H and O–H groups in total. The van der Waals surface area contributed by atoms with Gasteiger partial charge in [0.15, 0.2) is 11.5 Å². The molecule has 1 aliphatic rings. The van der Waals surface area contributed by atoms with Gasteiger partial charge in [-0.15, -0.1) is 0 Å². The Balaban J connectivity index is 2.02. The summed E-state index contributed by atoms with van der Waals surface area (Å²) in [5.74, 6) is 0.462. The number of nitrogens with zero attached hydrogens (tertiary/aromatic N) is 1. The molecule has 3 aromatic carbocycles. The zero-order chi connectivity index (χ0) is 29.1. The number of carbonyl (C=O) groups is 2. The van der Waals surface area contributed by atoms with Crippen molar-refractivity contribution in [2.75, 3.05) is 32.8 Å². The molecular weight excluding hydrogens is 510 g/mol. The molecule has 0 saturated carbocycles. The van der Waals surface area contributed by atoms with Crippen molar-refractivity contribution in [2.45, 2.75) is 39.7 Å². The molecule has 0 spiro atoms. The standard InChI is InChI=1S/C32H35NO7/c1-8-40-27-15-20(12-13-25(27)38-6)29-28(30(34)24-17-23(18(2)3)26(39-7)14-19(24)4)31(35)32(36)33(29)21-10-9-11-22(16-21)37-5/h9-18,29,34H,8H2,1-7H3/b30-28+. The SMILES string of the molecule is CCOc1cc(C2/C(=C(\O)c3cc(C(C)C)c(OC)cc3C)C(=O)C(=O)N2c2cccc(OC)c2)ccc1OC. The highest BCUT2D eigenvalue weighted by Crippen LogP contribution is 2.45. The average Bonchev–Trinajstić information content (AvgIpc) is 3.22. The van der Waals surface area contributed by atoms with Crippen LogP contribution in [0.15, 0.2) is 60.2 Å². The van der Waals surface area contributed by atoms with E-state index in [1.54, 1.807) is 56.7 Å². The van der Waals surface area contributed by atoms with E-state index in [0.29, 0.717) is 52.0 Å². The van der Waals surface area contributed by atoms with E-state index < -0.39 is 17.7 Å². The number of carbonyl (C=O) groups excluding carboxylic acids is 2. The van der Waals surface area contributed by atoms with Crippen LogP contribution in [0.1, 0.15) is 55.0 Å². The number of aliphatic hydroxyl groups excluding tert-OH is 1. The molecule has 1 fully saturated rings. The minimum Gasteiger partial charge on any atom is -0.507 e. The molecule has 1 amide bonds. The van der Waals surface area contributed by atoms with Gasteiger partial charge < -0.3 is 24.1 Å². The minimum atomic E-state index is -0.943. The zero-order valence-corrected chi connectivity index (χ0v) is 23.9. The number of rotatable bonds is 9. The normalized spacial score (nSPS) is 16.4. The van der Waals surface area contributed by atoms with Crippen LogP contribution in [0, 0.1) is 6.92 Å². The maximum absolute atomic E-state index is 13.7. The molecule has 3 aromatic rings. The molecule has 210 valence electrons. The van der Waals surface area contributed by atoms with E-state index >= 15 is 0 Å². The van der Waals surface area contributed by atoms with E-state index in [4.69, 9.17) is 18.9 Å². The number of anilines is 1. The van der Waals surface area contributed by atoms with Crippen LogP contribution in [0.2, 0.25) is 0 Å². The van der Waals surface area contributed by atoms with Crippen molar-refractivity contribution in [1.82, 2.24) is 0 Å². The van der Waals surface area contributed by atoms with Crippen molar-refractivity contribution >= 4 is 23.1 Å². The number of hydrogen-bond donors (Lipinski definition) is 1. The van der Waals surface area contributed by atoms with Crippen LogP contribution in [-0.4, -0.2) is 44.7 Å². The van der Waals surface area contributed by atoms with E-state index in [2.05, 4.69) is 0 Å². The van der Waals surface area contributed by atoms with Crippen LogP contribution in [0.25, 0.3) is 5.76 Å². The Morgan fingerprint density at radius 3 is 2.27 bits per heavy atom. The van der Waals surface area contributed by atoms with Gasteiger partial charge in [-0.25, -0.2) is 0 Å². The third-order valence-corrected chi connectivity index (χ3v) is 7.03. The first-order chi connectivity index (χ1) is 19.2. The summed E-state index contributed by atoms with van der Waals surface area (Å²) in [5, 5.41) is 11.8. The van der Waals surface area contributed by atoms with Crippen LogP contribution in [0.4, 0.5) is 5.69 Å². The minimum absolute atomic E-state index is 0.0246. The van der Waals surface area contributed by atoms with Gasteiger partial charge in [-0.05, 0) is 72.9 Å². The number of methoxy groups -OCH3 is 3. The fourth-order valence-electron chi connectivity index (χ4n) is 5.03. The van der Waals surface area contributed by atoms with Gasteiger partial charge in [0.2, 0.25) is 0 Å². The zero-order valence-electron chi connectivity index (χ0n) is 23.9. The predicted molar refractivity (Wildman–Crippen MR) is 154 cm³/mol. The van der Waals surface area contributed by atoms with E-state index in [0.717, 1.165) is 5.56 Å². The molecule has 0 aromatic heterocycles. The lowest BCUT2D eigenvalue weighted by molar-refractivity contribution is -0.132. The summed E-state index contributed by atoms with van der Waals surface area (Å²) in [6.45, 7) is 8.11. The van der Waals surface area contributed by atoms with Crippen molar-refractivity contribution in [3.05, 3.63) is 82.4 Å². The van der Waals surface area contributed by atoms with Gasteiger partial charge in [0, 0.05) is 17.3 Å². The van der Waals surface area contributed by atoms with Crippen molar-refractivity contribution in [3.63, 3.8) is 0 Å². The summed E-state index contributed by atoms with van der Waals surface area (Å²) in [6.07, 6.45) is 0. The van der Waals surface area contributed by atoms with Gasteiger partial charge in [-0.2, -0.15) is 0 Å². The molecule has 1 atom stereocenters. The van der Waals surface area contributed by atoms with Crippen molar-refractivity contribution < 1.29 is 33.6 Å². The summed E-state index contributed by atoms with van der Waals surface area (Å²) in [5.41, 5.74) is 3.03. The van der Waals surface area contributed by atoms with E-state index in [9.17, 15) is 14.7 Å². The second-order valence-electron chi connectivity index (χ2n) is 9.78. The van der Waals surface area contributed by atoms with Crippen LogP contribution >= 0.6 is 0 Å². The maximum Gasteiger partial charge on any atom is 0.300 e. The molecule has 1 aliphatic heterocycles. The lowest BCUT2D eigenvalue weighted by atomic mass is 9.91. The lowest BCUT2D eigenvalue weighted by Gasteiger charge is -2.26. The van der Waals surface area contributed by atoms with Gasteiger partial charge in [0.1, 0.15) is 17.3 Å². The number of aryl methyl sites for hydroxylation is 1. The summed E-state index contributed by atoms with van der Waals surface area (Å²) in [7, 11) is 4.67. The highest BCUT2D eigenvalue weighted by atomic mass is 16.5. The Morgan fingerprint density at radius 1 is 0.925 bits per heavy atom. The number of amides is 1. The number of aliphatic hydroxyl groups is 1. The molecule has 8 nitrogen and oxygen atoms in total. The molecule has 0 radical (unpaired) electrons. The molecule has 1 unspecified atom stereocenters. The topological polar surface area (TPSA) is 94.5 Å². The van der Waals surface area contributed by atoms with E-state index in [1.165, 1.54) is 12.0 Å². The first-order valence-corrected chi connectivity index (χ1v) is 13.1. The van der Waals surface area contributed by atoms with Crippen LogP contribution in [-0.2, 0) is 9.59 Å². The van der Waals surface area contributed by atoms with Gasteiger partial charge in [0.25, 0.3) is 11.7 Å². The summed E-state index contributed by atoms with van der Waals surface area (Å²) in [6, 6.07) is 14.8. The first kappa shape index (κ1) is 28.5. The smallest absolute Gasteiger partial charge is 0.300 e. The highest BCUT2D eigenvalue weighted by molar-refractivity contribution is 6.51. The van der Waals surface area contributed by atoms with Gasteiger partial charge in [0.05, 0.1) is 39.6 Å². The van der Waals surface area contributed by atoms with Crippen molar-refractivity contribution in [3.8, 4) is 23.0 Å². The molecule has 0 aliphatic carbocycles. The second-order valence-corrected chi connectivity index (χ2v) is 9.78. The Bertz CT molecular complexity index is 1470. The van der Waals surface area contributed by atoms with Gasteiger partial charge >= 0.3 is 0 Å². The highest BCUT2D eigenvalue weighted by Gasteiger charge is 2.47. The van der Waals surface area contributed by atoms with Gasteiger partial charge in [-0.3, -0.25) is 14.5 Å². The molecule has 4 rings (SSSR count). The molecular formula is C32H35NO7. The Labute approximate surface area is 234 Å². The third-order valence-electron chi connectivity index (χ3n) is 7.03. The average molecular weight is 546 g/mol. The number of ether oxygens (including phenoxy) is 4. The van der Waals surface area contributed by atoms with Gasteiger partial charge in [-0.1, -0.05) is 26.0 Å². The number of ketones is 1. The summed E-state index contributed by atoms with van der Waals surface area (Å²) < 4.78 is 22.2. The molecule has 0 bridgehead atoms. The first-order valence-electron chi connectivity index (χ1n) is 13.1. The predicted octanol–water partition coefficient (Wildman–Crippen LogP) is 6.17. The Morgan fingerprint density at radius 2 is 1.65 bits per heavy atom. The Hall–Kier alpha value is -4.46. The van der Waals surface area contributed by atoms with Crippen LogP contribution < -0.4 is 23.8 Å². The largest absolute Gasteiger partial charge is 0.507 e. The van der Waals surface area contributed by atoms with Crippen molar-refractivity contribution in [2.24, 2.45) is 0 Å². The van der Waals surface area contributed by atoms with Crippen LogP contribution in [0.5, 0.6) is 23.0 Å². The number of benzene rings is 3. The fourth-order valence-corrected chi connectivity index (χ4v) is 5.03. The summed E-state index contributed by atoms with van der Waals surface area (Å²) >= 11 is 0. The number of Topliss-reactive ketones (excluding diaryl/α,β-unsaturated/α-hetero) is 1. The molecule has 1 saturated heterocycles. The van der Waals surface area contributed by atoms with Crippen molar-refractivity contribution in [1.29, 1.82) is 0 Å². The molecule has 40 heavy (non-hydrogen) atoms. The van der Waals surface area contributed by atoms with Crippen LogP contribution in [0.3, 0.4) is 0 Å². The molecule has 8 heteroatoms. The Kier molecular flexibility index (Phi) is 8.38. The van der Waals surface area contributed by atoms with E-state index in [-0.39, 0.29) is 17.3 Å². The third kappa shape index (κ3) is 5.09. The second kappa shape index (κ2) is 11.7. The quantitative estimate of drug-likeness (QED) is 0.195. The maximum atomic E-state index is 13.7. The number of hydrogen-bond acceptors (Lipinski definition) is 7. The summed E-state index contributed by atoms with van der Waals surface area (Å²) in [4.78, 5) is 28.7. The van der Waals surface area contributed by atoms with E-state index in [1.807, 2.05) is 39.8 Å².